The Morgan fingerprint density at radius 2 is 2.04 bits per heavy atom. The van der Waals surface area contributed by atoms with Crippen LogP contribution >= 0.6 is 34.2 Å². The minimum absolute atomic E-state index is 0.0184. The van der Waals surface area contributed by atoms with Crippen molar-refractivity contribution >= 4 is 51.9 Å². The third kappa shape index (κ3) is 4.98. The lowest BCUT2D eigenvalue weighted by molar-refractivity contribution is -0.112. The zero-order valence-corrected chi connectivity index (χ0v) is 15.8. The summed E-state index contributed by atoms with van der Waals surface area (Å²) in [6.07, 6.45) is 1.54. The number of carbonyl (C=O) groups excluding carboxylic acids is 1. The molecular weight excluding hydrogens is 439 g/mol. The van der Waals surface area contributed by atoms with Crippen LogP contribution in [0.25, 0.3) is 6.08 Å². The molecule has 0 bridgehead atoms. The summed E-state index contributed by atoms with van der Waals surface area (Å²) in [4.78, 5) is 12.2. The second kappa shape index (κ2) is 8.71. The third-order valence-electron chi connectivity index (χ3n) is 3.03. The van der Waals surface area contributed by atoms with E-state index in [4.69, 9.17) is 16.3 Å². The van der Waals surface area contributed by atoms with Crippen molar-refractivity contribution in [2.24, 2.45) is 0 Å². The lowest BCUT2D eigenvalue weighted by Crippen LogP contribution is -2.13. The highest BCUT2D eigenvalue weighted by molar-refractivity contribution is 14.1. The molecule has 0 heterocycles. The number of nitrogens with one attached hydrogen (secondary N) is 1. The number of ether oxygens (including phenoxy) is 1. The van der Waals surface area contributed by atoms with Crippen LogP contribution in [0, 0.1) is 14.9 Å². The molecular formula is C18H14ClIN2O2. The Morgan fingerprint density at radius 3 is 2.62 bits per heavy atom. The van der Waals surface area contributed by atoms with Gasteiger partial charge < -0.3 is 10.1 Å². The maximum Gasteiger partial charge on any atom is 0.266 e. The van der Waals surface area contributed by atoms with Gasteiger partial charge in [-0.3, -0.25) is 4.79 Å². The molecule has 0 fully saturated rings. The highest BCUT2D eigenvalue weighted by Crippen LogP contribution is 2.23. The number of hydrogen-bond acceptors (Lipinski definition) is 3. The Labute approximate surface area is 159 Å². The Bertz CT molecular complexity index is 811. The van der Waals surface area contributed by atoms with Crippen molar-refractivity contribution in [3.05, 3.63) is 62.2 Å². The highest BCUT2D eigenvalue weighted by atomic mass is 127. The minimum Gasteiger partial charge on any atom is -0.493 e. The summed E-state index contributed by atoms with van der Waals surface area (Å²) in [5, 5.41) is 12.5. The normalized spacial score (nSPS) is 10.8. The Balaban J connectivity index is 2.19. The van der Waals surface area contributed by atoms with Crippen LogP contribution in [0.2, 0.25) is 5.02 Å². The van der Waals surface area contributed by atoms with Gasteiger partial charge in [0.15, 0.2) is 0 Å². The molecule has 0 aliphatic rings. The first-order valence-electron chi connectivity index (χ1n) is 7.14. The lowest BCUT2D eigenvalue weighted by atomic mass is 10.1. The summed E-state index contributed by atoms with van der Waals surface area (Å²) in [6, 6.07) is 14.1. The van der Waals surface area contributed by atoms with Crippen LogP contribution in [-0.4, -0.2) is 12.5 Å². The molecule has 24 heavy (non-hydrogen) atoms. The predicted octanol–water partition coefficient (Wildman–Crippen LogP) is 4.89. The molecule has 0 radical (unpaired) electrons. The van der Waals surface area contributed by atoms with Crippen LogP contribution in [0.3, 0.4) is 0 Å². The first kappa shape index (κ1) is 18.3. The Kier molecular flexibility index (Phi) is 6.64. The van der Waals surface area contributed by atoms with Gasteiger partial charge in [0.05, 0.1) is 10.2 Å². The summed E-state index contributed by atoms with van der Waals surface area (Å²) in [6.45, 7) is 2.50. The summed E-state index contributed by atoms with van der Waals surface area (Å²) in [5.41, 5.74) is 1.35. The first-order chi connectivity index (χ1) is 11.5. The van der Waals surface area contributed by atoms with Gasteiger partial charge in [0.1, 0.15) is 17.4 Å². The second-order valence-electron chi connectivity index (χ2n) is 4.75. The fourth-order valence-electron chi connectivity index (χ4n) is 1.93. The molecule has 122 valence electrons. The van der Waals surface area contributed by atoms with E-state index in [2.05, 4.69) is 27.9 Å². The van der Waals surface area contributed by atoms with Gasteiger partial charge in [-0.25, -0.2) is 0 Å². The molecule has 1 amide bonds. The number of nitrogens with zero attached hydrogens (tertiary/aromatic N) is 1. The van der Waals surface area contributed by atoms with Crippen molar-refractivity contribution in [3.8, 4) is 11.8 Å². The molecule has 6 heteroatoms. The van der Waals surface area contributed by atoms with Gasteiger partial charge in [-0.2, -0.15) is 5.26 Å². The maximum absolute atomic E-state index is 12.2. The number of benzene rings is 2. The summed E-state index contributed by atoms with van der Waals surface area (Å²) in [7, 11) is 0. The van der Waals surface area contributed by atoms with Gasteiger partial charge in [0.2, 0.25) is 0 Å². The summed E-state index contributed by atoms with van der Waals surface area (Å²) in [5.74, 6) is 0.308. The Hall–Kier alpha value is -2.04. The van der Waals surface area contributed by atoms with Crippen molar-refractivity contribution < 1.29 is 9.53 Å². The van der Waals surface area contributed by atoms with E-state index in [0.29, 0.717) is 17.3 Å². The van der Waals surface area contributed by atoms with E-state index in [9.17, 15) is 10.1 Å². The smallest absolute Gasteiger partial charge is 0.266 e. The molecule has 0 aliphatic heterocycles. The fourth-order valence-corrected chi connectivity index (χ4v) is 2.75. The van der Waals surface area contributed by atoms with E-state index in [1.807, 2.05) is 25.1 Å². The van der Waals surface area contributed by atoms with E-state index >= 15 is 0 Å². The van der Waals surface area contributed by atoms with E-state index in [1.165, 1.54) is 0 Å². The summed E-state index contributed by atoms with van der Waals surface area (Å²) < 4.78 is 6.39. The zero-order valence-electron chi connectivity index (χ0n) is 12.8. The van der Waals surface area contributed by atoms with Crippen LogP contribution in [0.1, 0.15) is 12.5 Å². The molecule has 4 nitrogen and oxygen atoms in total. The molecule has 1 N–H and O–H groups in total. The van der Waals surface area contributed by atoms with Crippen molar-refractivity contribution in [2.45, 2.75) is 6.92 Å². The lowest BCUT2D eigenvalue weighted by Gasteiger charge is -2.07. The predicted molar refractivity (Wildman–Crippen MR) is 104 cm³/mol. The van der Waals surface area contributed by atoms with E-state index < -0.39 is 5.91 Å². The number of rotatable bonds is 5. The number of carbonyl (C=O) groups is 1. The average Bonchev–Trinajstić information content (AvgIpc) is 2.57. The van der Waals surface area contributed by atoms with Gasteiger partial charge in [0, 0.05) is 10.7 Å². The molecule has 0 aliphatic carbocycles. The average molecular weight is 453 g/mol. The van der Waals surface area contributed by atoms with E-state index in [1.54, 1.807) is 36.4 Å². The van der Waals surface area contributed by atoms with Crippen molar-refractivity contribution in [3.63, 3.8) is 0 Å². The van der Waals surface area contributed by atoms with Crippen LogP contribution in [0.4, 0.5) is 5.69 Å². The minimum atomic E-state index is -0.469. The van der Waals surface area contributed by atoms with Crippen LogP contribution in [-0.2, 0) is 4.79 Å². The third-order valence-corrected chi connectivity index (χ3v) is 4.13. The van der Waals surface area contributed by atoms with Crippen molar-refractivity contribution in [1.82, 2.24) is 0 Å². The standard InChI is InChI=1S/C18H14ClIN2O2/c1-2-24-17-8-3-12(10-16(17)20)9-13(11-21)18(23)22-15-6-4-14(19)5-7-15/h3-10H,2H2,1H3,(H,22,23)/b13-9-. The maximum atomic E-state index is 12.2. The van der Waals surface area contributed by atoms with Crippen molar-refractivity contribution in [2.75, 3.05) is 11.9 Å². The Morgan fingerprint density at radius 1 is 1.33 bits per heavy atom. The zero-order chi connectivity index (χ0) is 17.5. The molecule has 2 aromatic rings. The molecule has 0 aromatic heterocycles. The van der Waals surface area contributed by atoms with Crippen molar-refractivity contribution in [1.29, 1.82) is 5.26 Å². The number of amides is 1. The monoisotopic (exact) mass is 452 g/mol. The van der Waals surface area contributed by atoms with Gasteiger partial charge in [-0.05, 0) is 77.6 Å². The fraction of sp³-hybridized carbons (Fsp3) is 0.111. The molecule has 2 rings (SSSR count). The molecule has 0 saturated heterocycles. The molecule has 2 aromatic carbocycles. The van der Waals surface area contributed by atoms with Crippen LogP contribution < -0.4 is 10.1 Å². The number of anilines is 1. The number of halogens is 2. The topological polar surface area (TPSA) is 62.1 Å². The van der Waals surface area contributed by atoms with Gasteiger partial charge in [-0.1, -0.05) is 17.7 Å². The van der Waals surface area contributed by atoms with E-state index in [-0.39, 0.29) is 5.57 Å². The highest BCUT2D eigenvalue weighted by Gasteiger charge is 2.10. The van der Waals surface area contributed by atoms with Gasteiger partial charge in [0.25, 0.3) is 5.91 Å². The van der Waals surface area contributed by atoms with E-state index in [0.717, 1.165) is 14.9 Å². The van der Waals surface area contributed by atoms with Gasteiger partial charge >= 0.3 is 0 Å². The first-order valence-corrected chi connectivity index (χ1v) is 8.60. The van der Waals surface area contributed by atoms with Crippen LogP contribution in [0.15, 0.2) is 48.0 Å². The largest absolute Gasteiger partial charge is 0.493 e. The number of hydrogen-bond donors (Lipinski definition) is 1. The number of nitriles is 1. The molecule has 0 atom stereocenters. The molecule has 0 spiro atoms. The van der Waals surface area contributed by atoms with Crippen LogP contribution in [0.5, 0.6) is 5.75 Å². The SMILES string of the molecule is CCOc1ccc(/C=C(/C#N)C(=O)Nc2ccc(Cl)cc2)cc1I. The molecule has 0 saturated carbocycles. The summed E-state index contributed by atoms with van der Waals surface area (Å²) >= 11 is 7.96. The second-order valence-corrected chi connectivity index (χ2v) is 6.35. The van der Waals surface area contributed by atoms with Gasteiger partial charge in [-0.15, -0.1) is 0 Å². The quantitative estimate of drug-likeness (QED) is 0.399. The molecule has 0 unspecified atom stereocenters.